The number of benzene rings is 4. The van der Waals surface area contributed by atoms with Crippen molar-refractivity contribution in [2.75, 3.05) is 153 Å². The number of piperidine rings is 4. The van der Waals surface area contributed by atoms with Crippen molar-refractivity contribution in [2.24, 2.45) is 0 Å². The Balaban J connectivity index is 0.000000152. The highest BCUT2D eigenvalue weighted by Gasteiger charge is 2.41. The molecule has 0 aliphatic carbocycles. The highest BCUT2D eigenvalue weighted by atomic mass is 19.4. The number of alkyl halides is 12. The van der Waals surface area contributed by atoms with Crippen LogP contribution in [-0.4, -0.2) is 250 Å². The fraction of sp³-hybridized carbons (Fsp3) is 0.615. The number of carbonyl (C=O) groups excluding carboxylic acids is 4. The van der Waals surface area contributed by atoms with Crippen LogP contribution in [0.25, 0.3) is 22.1 Å². The van der Waals surface area contributed by atoms with Crippen LogP contribution in [0.1, 0.15) is 139 Å². The highest BCUT2D eigenvalue weighted by Crippen LogP contribution is 2.39. The van der Waals surface area contributed by atoms with Crippen LogP contribution < -0.4 is 33.5 Å². The fourth-order valence-electron chi connectivity index (χ4n) is 17.0. The minimum atomic E-state index is -4.46. The SMILES string of the molecule is CCOC(=O)N1CC[C@H](N2CCC(Nc3cc(C(F)(F)F)ccc3N)CC2)C1.CCOC(=O)N1CC[C@H](N2CCC(Nc3ccc(C(F)(F)F)cc3N)CC2)C1.CCOC(=O)N1CC[C@H](N2CCC(n3c(=O)[nH]c4cc(C(F)(F)F)ccc43)CC2)C1.CCOC(=O)N1CC[C@H](N2CCC(n3c(=O)[nH]c4ccc(C(F)(F)F)cc43)CC2)C1. The van der Waals surface area contributed by atoms with Crippen molar-refractivity contribution in [3.8, 4) is 0 Å². The molecule has 6 aromatic rings. The maximum atomic E-state index is 13.1. The lowest BCUT2D eigenvalue weighted by Gasteiger charge is -2.36. The number of nitrogen functional groups attached to an aromatic ring is 2. The summed E-state index contributed by atoms with van der Waals surface area (Å²) in [6.45, 7) is 20.4. The number of aromatic nitrogens is 4. The summed E-state index contributed by atoms with van der Waals surface area (Å²) >= 11 is 0. The van der Waals surface area contributed by atoms with Crippen LogP contribution >= 0.6 is 0 Å². The van der Waals surface area contributed by atoms with E-state index in [9.17, 15) is 81.5 Å². The molecule has 640 valence electrons. The molecule has 26 nitrogen and oxygen atoms in total. The lowest BCUT2D eigenvalue weighted by atomic mass is 10.0. The second-order valence-electron chi connectivity index (χ2n) is 30.5. The summed E-state index contributed by atoms with van der Waals surface area (Å²) < 4.78 is 179. The number of rotatable bonds is 14. The van der Waals surface area contributed by atoms with E-state index in [0.29, 0.717) is 137 Å². The molecule has 0 unspecified atom stereocenters. The molecule has 4 atom stereocenters. The molecule has 8 N–H and O–H groups in total. The summed E-state index contributed by atoms with van der Waals surface area (Å²) in [6.07, 6.45) is -9.02. The molecule has 8 aliphatic rings. The van der Waals surface area contributed by atoms with Crippen LogP contribution in [0, 0.1) is 0 Å². The van der Waals surface area contributed by atoms with Crippen molar-refractivity contribution < 1.29 is 90.8 Å². The van der Waals surface area contributed by atoms with Gasteiger partial charge in [-0.2, -0.15) is 52.7 Å². The predicted octanol–water partition coefficient (Wildman–Crippen LogP) is 13.2. The third kappa shape index (κ3) is 21.9. The number of imidazole rings is 2. The Labute approximate surface area is 662 Å². The maximum absolute atomic E-state index is 13.1. The summed E-state index contributed by atoms with van der Waals surface area (Å²) in [5, 5.41) is 6.46. The van der Waals surface area contributed by atoms with Gasteiger partial charge in [0.15, 0.2) is 0 Å². The first-order valence-corrected chi connectivity index (χ1v) is 39.8. The number of aromatic amines is 2. The summed E-state index contributed by atoms with van der Waals surface area (Å²) in [7, 11) is 0. The van der Waals surface area contributed by atoms with Crippen molar-refractivity contribution in [3.63, 3.8) is 0 Å². The van der Waals surface area contributed by atoms with E-state index in [1.807, 2.05) is 0 Å². The second-order valence-corrected chi connectivity index (χ2v) is 30.5. The molecule has 0 bridgehead atoms. The summed E-state index contributed by atoms with van der Waals surface area (Å²) in [5.41, 5.74) is 10.7. The van der Waals surface area contributed by atoms with Crippen molar-refractivity contribution >= 4 is 69.2 Å². The van der Waals surface area contributed by atoms with E-state index in [-0.39, 0.29) is 83.2 Å². The van der Waals surface area contributed by atoms with Gasteiger partial charge in [-0.05, 0) is 178 Å². The van der Waals surface area contributed by atoms with Gasteiger partial charge in [0.1, 0.15) is 0 Å². The van der Waals surface area contributed by atoms with Crippen LogP contribution in [-0.2, 0) is 43.7 Å². The van der Waals surface area contributed by atoms with Gasteiger partial charge in [-0.15, -0.1) is 0 Å². The van der Waals surface area contributed by atoms with Crippen molar-refractivity contribution in [3.05, 3.63) is 116 Å². The molecule has 0 radical (unpaired) electrons. The Kier molecular flexibility index (Phi) is 28.6. The largest absolute Gasteiger partial charge is 0.450 e. The number of hydrogen-bond donors (Lipinski definition) is 6. The quantitative estimate of drug-likeness (QED) is 0.0336. The van der Waals surface area contributed by atoms with Gasteiger partial charge in [0.05, 0.1) is 93.5 Å². The average molecular weight is 1650 g/mol. The van der Waals surface area contributed by atoms with E-state index in [1.165, 1.54) is 28.8 Å². The van der Waals surface area contributed by atoms with Crippen molar-refractivity contribution in [1.82, 2.24) is 58.3 Å². The third-order valence-corrected chi connectivity index (χ3v) is 23.2. The van der Waals surface area contributed by atoms with E-state index in [4.69, 9.17) is 30.4 Å². The number of hydrogen-bond acceptors (Lipinski definition) is 18. The lowest BCUT2D eigenvalue weighted by Crippen LogP contribution is -2.46. The Morgan fingerprint density at radius 1 is 0.362 bits per heavy atom. The smallest absolute Gasteiger partial charge is 0.416 e. The van der Waals surface area contributed by atoms with E-state index in [1.54, 1.807) is 51.9 Å². The summed E-state index contributed by atoms with van der Waals surface area (Å²) in [5.74, 6) is 0. The van der Waals surface area contributed by atoms with Crippen molar-refractivity contribution in [1.29, 1.82) is 0 Å². The Hall–Kier alpha value is -9.30. The van der Waals surface area contributed by atoms with E-state index in [0.717, 1.165) is 165 Å². The molecule has 0 spiro atoms. The number of nitrogens with one attached hydrogen (secondary N) is 4. The molecule has 4 aromatic carbocycles. The molecular formula is C78H104F12N16O10. The molecule has 8 saturated heterocycles. The number of nitrogens with zero attached hydrogens (tertiary/aromatic N) is 10. The molecular weight excluding hydrogens is 1550 g/mol. The zero-order valence-electron chi connectivity index (χ0n) is 65.4. The van der Waals surface area contributed by atoms with E-state index < -0.39 is 47.0 Å². The Morgan fingerprint density at radius 3 is 1.05 bits per heavy atom. The zero-order valence-corrected chi connectivity index (χ0v) is 65.4. The first-order chi connectivity index (χ1) is 55.1. The normalized spacial score (nSPS) is 21.6. The van der Waals surface area contributed by atoms with E-state index in [2.05, 4.69) is 40.2 Å². The van der Waals surface area contributed by atoms with Gasteiger partial charge in [0.25, 0.3) is 0 Å². The summed E-state index contributed by atoms with van der Waals surface area (Å²) in [6, 6.07) is 14.7. The van der Waals surface area contributed by atoms with Gasteiger partial charge >= 0.3 is 60.5 Å². The molecule has 4 amide bonds. The first-order valence-electron chi connectivity index (χ1n) is 39.8. The molecule has 116 heavy (non-hydrogen) atoms. The van der Waals surface area contributed by atoms with Gasteiger partial charge in [-0.3, -0.25) is 28.7 Å². The number of fused-ring (bicyclic) bond motifs is 2. The van der Waals surface area contributed by atoms with Crippen molar-refractivity contribution in [2.45, 2.75) is 178 Å². The summed E-state index contributed by atoms with van der Waals surface area (Å²) in [4.78, 5) is 94.0. The lowest BCUT2D eigenvalue weighted by molar-refractivity contribution is -0.138. The standard InChI is InChI=1S/2C20H25F3N4O3.2C19H27F3N4O2/c1-2-30-19(29)26-10-7-15(12-26)25-8-5-14(6-9-25)27-17-4-3-13(20(21,22)23)11-16(17)24-18(27)28;1-2-30-19(29)26-10-7-15(12-26)25-8-5-14(6-9-25)27-17-11-13(20(21,22)23)3-4-16(17)24-18(27)28;1-2-28-18(27)26-10-7-15(12-26)25-8-5-14(6-9-25)24-17-4-3-13(11-16(17)23)19(20,21)22;1-2-28-18(27)26-10-7-15(12-26)25-8-5-14(6-9-25)24-17-11-13(19(20,21)22)3-4-16(17)23/h2*3-4,11,14-15H,2,5-10,12H2,1H3,(H,24,28);2*3-4,11,14-15,24H,2,5-10,12,23H2,1H3/t4*15-/m0000/s1. The topological polar surface area (TPSA) is 283 Å². The molecule has 38 heteroatoms. The molecule has 8 aliphatic heterocycles. The molecule has 14 rings (SSSR count). The number of anilines is 4. The fourth-order valence-corrected chi connectivity index (χ4v) is 17.0. The Bertz CT molecular complexity index is 4420. The number of likely N-dealkylation sites (tertiary alicyclic amines) is 8. The third-order valence-electron chi connectivity index (χ3n) is 23.2. The van der Waals surface area contributed by atoms with Gasteiger partial charge in [0, 0.05) is 153 Å². The van der Waals surface area contributed by atoms with Crippen LogP contribution in [0.2, 0.25) is 0 Å². The monoisotopic (exact) mass is 1650 g/mol. The van der Waals surface area contributed by atoms with Gasteiger partial charge in [-0.25, -0.2) is 28.8 Å². The number of carbonyl (C=O) groups is 4. The first kappa shape index (κ1) is 87.5. The number of ether oxygens (including phenoxy) is 4. The van der Waals surface area contributed by atoms with Gasteiger partial charge in [-0.1, -0.05) is 0 Å². The van der Waals surface area contributed by atoms with Crippen LogP contribution in [0.5, 0.6) is 0 Å². The maximum Gasteiger partial charge on any atom is 0.416 e. The average Bonchev–Trinajstić information content (AvgIpc) is 1.62. The van der Waals surface area contributed by atoms with Crippen LogP contribution in [0.3, 0.4) is 0 Å². The second kappa shape index (κ2) is 38.0. The minimum absolute atomic E-state index is 0.0678. The number of halogens is 12. The van der Waals surface area contributed by atoms with E-state index >= 15 is 0 Å². The minimum Gasteiger partial charge on any atom is -0.450 e. The predicted molar refractivity (Wildman–Crippen MR) is 411 cm³/mol. The number of nitrogens with two attached hydrogens (primary N) is 2. The highest BCUT2D eigenvalue weighted by molar-refractivity contribution is 5.78. The van der Waals surface area contributed by atoms with Crippen LogP contribution in [0.4, 0.5) is 94.6 Å². The molecule has 2 aromatic heterocycles. The van der Waals surface area contributed by atoms with Gasteiger partial charge < -0.3 is 70.6 Å². The molecule has 8 fully saturated rings. The Morgan fingerprint density at radius 2 is 0.672 bits per heavy atom. The van der Waals surface area contributed by atoms with Gasteiger partial charge in [0.2, 0.25) is 0 Å². The zero-order chi connectivity index (χ0) is 83.6. The van der Waals surface area contributed by atoms with Crippen LogP contribution in [0.15, 0.2) is 82.4 Å². The molecule has 10 heterocycles. The number of H-pyrrole nitrogens is 2. The number of amides is 4. The molecule has 0 saturated carbocycles.